The second-order valence-electron chi connectivity index (χ2n) is 7.43. The zero-order valence-electron chi connectivity index (χ0n) is 17.7. The quantitative estimate of drug-likeness (QED) is 0.551. The van der Waals surface area contributed by atoms with Gasteiger partial charge < -0.3 is 14.6 Å². The maximum atomic E-state index is 12.8. The van der Waals surface area contributed by atoms with E-state index in [-0.39, 0.29) is 18.9 Å². The average molecular weight is 438 g/mol. The van der Waals surface area contributed by atoms with E-state index in [4.69, 9.17) is 4.74 Å². The highest BCUT2D eigenvalue weighted by Gasteiger charge is 2.31. The molecule has 0 aromatic carbocycles. The summed E-state index contributed by atoms with van der Waals surface area (Å²) in [6, 6.07) is 2.39. The molecule has 1 saturated heterocycles. The molecule has 0 aliphatic carbocycles. The Morgan fingerprint density at radius 3 is 2.39 bits per heavy atom. The monoisotopic (exact) mass is 438 g/mol. The van der Waals surface area contributed by atoms with E-state index in [0.29, 0.717) is 54.5 Å². The van der Waals surface area contributed by atoms with Crippen molar-refractivity contribution >= 4 is 17.6 Å². The third kappa shape index (κ3) is 5.07. The maximum Gasteiger partial charge on any atom is 0.417 e. The summed E-state index contributed by atoms with van der Waals surface area (Å²) in [6.45, 7) is 7.83. The van der Waals surface area contributed by atoms with Crippen LogP contribution in [0.15, 0.2) is 18.3 Å². The fourth-order valence-corrected chi connectivity index (χ4v) is 3.70. The van der Waals surface area contributed by atoms with Crippen molar-refractivity contribution in [3.63, 3.8) is 0 Å². The van der Waals surface area contributed by atoms with Crippen LogP contribution in [0.2, 0.25) is 0 Å². The Morgan fingerprint density at radius 2 is 1.84 bits per heavy atom. The number of ketones is 1. The van der Waals surface area contributed by atoms with E-state index in [1.165, 1.54) is 6.07 Å². The number of halogens is 3. The lowest BCUT2D eigenvalue weighted by Crippen LogP contribution is -2.48. The fourth-order valence-electron chi connectivity index (χ4n) is 3.70. The van der Waals surface area contributed by atoms with Gasteiger partial charge in [-0.1, -0.05) is 0 Å². The predicted molar refractivity (Wildman–Crippen MR) is 108 cm³/mol. The van der Waals surface area contributed by atoms with Gasteiger partial charge >= 0.3 is 12.1 Å². The van der Waals surface area contributed by atoms with Gasteiger partial charge in [0.25, 0.3) is 0 Å². The van der Waals surface area contributed by atoms with Crippen LogP contribution in [0.3, 0.4) is 0 Å². The lowest BCUT2D eigenvalue weighted by atomic mass is 10.1. The zero-order valence-corrected chi connectivity index (χ0v) is 17.7. The molecule has 1 fully saturated rings. The number of pyridine rings is 1. The number of anilines is 1. The van der Waals surface area contributed by atoms with Crippen molar-refractivity contribution in [1.82, 2.24) is 14.9 Å². The molecule has 1 aliphatic heterocycles. The number of hydrogen-bond donors (Lipinski definition) is 1. The summed E-state index contributed by atoms with van der Waals surface area (Å²) in [5, 5.41) is 0. The normalized spacial score (nSPS) is 15.2. The number of alkyl halides is 3. The Morgan fingerprint density at radius 1 is 1.16 bits per heavy atom. The van der Waals surface area contributed by atoms with E-state index in [2.05, 4.69) is 9.97 Å². The van der Waals surface area contributed by atoms with Gasteiger partial charge in [0.2, 0.25) is 0 Å². The van der Waals surface area contributed by atoms with Crippen molar-refractivity contribution in [2.45, 2.75) is 26.9 Å². The number of nitrogens with one attached hydrogen (secondary N) is 1. The van der Waals surface area contributed by atoms with E-state index in [1.807, 2.05) is 9.80 Å². The molecule has 168 valence electrons. The highest BCUT2D eigenvalue weighted by molar-refractivity contribution is 6.02. The number of esters is 1. The number of aromatic nitrogens is 2. The number of aryl methyl sites for hydroxylation is 1. The van der Waals surface area contributed by atoms with Gasteiger partial charge in [-0.05, 0) is 38.5 Å². The summed E-state index contributed by atoms with van der Waals surface area (Å²) in [6.07, 6.45) is -3.57. The van der Waals surface area contributed by atoms with E-state index >= 15 is 0 Å². The van der Waals surface area contributed by atoms with Crippen molar-refractivity contribution in [2.75, 3.05) is 44.2 Å². The molecule has 0 spiro atoms. The van der Waals surface area contributed by atoms with Gasteiger partial charge in [0.15, 0.2) is 5.78 Å². The van der Waals surface area contributed by atoms with Crippen molar-refractivity contribution in [3.8, 4) is 0 Å². The van der Waals surface area contributed by atoms with Gasteiger partial charge in [-0.15, -0.1) is 0 Å². The predicted octanol–water partition coefficient (Wildman–Crippen LogP) is 3.23. The lowest BCUT2D eigenvalue weighted by molar-refractivity contribution is -0.137. The molecule has 0 amide bonds. The van der Waals surface area contributed by atoms with Gasteiger partial charge in [0.1, 0.15) is 5.82 Å². The van der Waals surface area contributed by atoms with Crippen molar-refractivity contribution < 1.29 is 27.5 Å². The molecule has 3 rings (SSSR count). The van der Waals surface area contributed by atoms with Crippen LogP contribution in [0, 0.1) is 13.8 Å². The van der Waals surface area contributed by atoms with Crippen LogP contribution in [0.5, 0.6) is 0 Å². The molecule has 2 aromatic rings. The molecule has 0 saturated carbocycles. The summed E-state index contributed by atoms with van der Waals surface area (Å²) in [5.74, 6) is -0.100. The maximum absolute atomic E-state index is 12.8. The van der Waals surface area contributed by atoms with Gasteiger partial charge in [-0.3, -0.25) is 9.69 Å². The first-order chi connectivity index (χ1) is 14.6. The van der Waals surface area contributed by atoms with Crippen LogP contribution in [-0.2, 0) is 10.9 Å². The van der Waals surface area contributed by atoms with Gasteiger partial charge in [0, 0.05) is 38.1 Å². The minimum Gasteiger partial charge on any atom is -0.462 e. The minimum absolute atomic E-state index is 0.128. The zero-order chi connectivity index (χ0) is 22.8. The van der Waals surface area contributed by atoms with Gasteiger partial charge in [-0.25, -0.2) is 9.78 Å². The molecule has 1 aliphatic rings. The Labute approximate surface area is 178 Å². The molecule has 31 heavy (non-hydrogen) atoms. The molecule has 10 heteroatoms. The number of aromatic amines is 1. The third-order valence-corrected chi connectivity index (χ3v) is 5.33. The standard InChI is InChI=1S/C21H25F3N4O3/c1-4-31-20(30)18-13(2)19(26-14(18)3)16(29)12-27-7-9-28(10-8-27)17-6-5-15(11-25-17)21(22,23)24/h5-6,11,26H,4,7-10,12H2,1-3H3. The molecule has 0 atom stereocenters. The lowest BCUT2D eigenvalue weighted by Gasteiger charge is -2.35. The van der Waals surface area contributed by atoms with Gasteiger partial charge in [0.05, 0.1) is 30.0 Å². The first-order valence-corrected chi connectivity index (χ1v) is 10.0. The largest absolute Gasteiger partial charge is 0.462 e. The number of piperazine rings is 1. The summed E-state index contributed by atoms with van der Waals surface area (Å²) in [4.78, 5) is 35.7. The number of hydrogen-bond acceptors (Lipinski definition) is 6. The molecular weight excluding hydrogens is 413 g/mol. The van der Waals surface area contributed by atoms with E-state index in [9.17, 15) is 22.8 Å². The summed E-state index contributed by atoms with van der Waals surface area (Å²) in [5.41, 5.74) is 1.18. The summed E-state index contributed by atoms with van der Waals surface area (Å²) in [7, 11) is 0. The number of ether oxygens (including phenoxy) is 1. The van der Waals surface area contributed by atoms with Crippen molar-refractivity contribution in [3.05, 3.63) is 46.4 Å². The summed E-state index contributed by atoms with van der Waals surface area (Å²) >= 11 is 0. The summed E-state index contributed by atoms with van der Waals surface area (Å²) < 4.78 is 43.1. The number of nitrogens with zero attached hydrogens (tertiary/aromatic N) is 3. The second-order valence-corrected chi connectivity index (χ2v) is 7.43. The Hall–Kier alpha value is -2.88. The topological polar surface area (TPSA) is 78.5 Å². The molecule has 0 bridgehead atoms. The smallest absolute Gasteiger partial charge is 0.417 e. The number of Topliss-reactive ketones (excluding diaryl/α,β-unsaturated/α-hetero) is 1. The Kier molecular flexibility index (Phi) is 6.68. The molecule has 0 unspecified atom stereocenters. The van der Waals surface area contributed by atoms with Crippen LogP contribution < -0.4 is 4.90 Å². The van der Waals surface area contributed by atoms with Gasteiger partial charge in [-0.2, -0.15) is 13.2 Å². The first-order valence-electron chi connectivity index (χ1n) is 10.0. The molecule has 2 aromatic heterocycles. The van der Waals surface area contributed by atoms with Crippen LogP contribution in [0.4, 0.5) is 19.0 Å². The van der Waals surface area contributed by atoms with Crippen LogP contribution in [0.25, 0.3) is 0 Å². The Balaban J connectivity index is 1.59. The highest BCUT2D eigenvalue weighted by atomic mass is 19.4. The van der Waals surface area contributed by atoms with Crippen molar-refractivity contribution in [1.29, 1.82) is 0 Å². The SMILES string of the molecule is CCOC(=O)c1c(C)[nH]c(C(=O)CN2CCN(c3ccc(C(F)(F)F)cn3)CC2)c1C. The second kappa shape index (κ2) is 9.09. The van der Waals surface area contributed by atoms with Crippen LogP contribution in [0.1, 0.15) is 44.6 Å². The van der Waals surface area contributed by atoms with Crippen molar-refractivity contribution in [2.24, 2.45) is 0 Å². The number of H-pyrrole nitrogens is 1. The number of carbonyl (C=O) groups excluding carboxylic acids is 2. The average Bonchev–Trinajstić information content (AvgIpc) is 3.02. The Bertz CT molecular complexity index is 946. The third-order valence-electron chi connectivity index (χ3n) is 5.33. The van der Waals surface area contributed by atoms with E-state index < -0.39 is 17.7 Å². The fraction of sp³-hybridized carbons (Fsp3) is 0.476. The van der Waals surface area contributed by atoms with E-state index in [1.54, 1.807) is 20.8 Å². The first kappa shape index (κ1) is 22.8. The molecule has 7 nitrogen and oxygen atoms in total. The highest BCUT2D eigenvalue weighted by Crippen LogP contribution is 2.29. The van der Waals surface area contributed by atoms with E-state index in [0.717, 1.165) is 12.3 Å². The molecule has 0 radical (unpaired) electrons. The van der Waals surface area contributed by atoms with Crippen LogP contribution in [-0.4, -0.2) is 66.0 Å². The molecule has 1 N–H and O–H groups in total. The molecule has 3 heterocycles. The number of rotatable bonds is 6. The number of carbonyl (C=O) groups is 2. The minimum atomic E-state index is -4.41. The van der Waals surface area contributed by atoms with Crippen LogP contribution >= 0.6 is 0 Å². The molecular formula is C21H25F3N4O3.